The molecule has 3 aromatic rings. The first-order chi connectivity index (χ1) is 16.8. The summed E-state index contributed by atoms with van der Waals surface area (Å²) in [4.78, 5) is 30.3. The molecule has 0 aromatic heterocycles. The van der Waals surface area contributed by atoms with Gasteiger partial charge in [-0.1, -0.05) is 42.5 Å². The van der Waals surface area contributed by atoms with Gasteiger partial charge in [0.2, 0.25) is 0 Å². The van der Waals surface area contributed by atoms with Crippen LogP contribution in [0.2, 0.25) is 0 Å². The van der Waals surface area contributed by atoms with Crippen molar-refractivity contribution < 1.29 is 19.4 Å². The third-order valence-electron chi connectivity index (χ3n) is 6.83. The molecule has 3 aromatic carbocycles. The molecule has 2 aliphatic rings. The second-order valence-electron chi connectivity index (χ2n) is 9.67. The standard InChI is InChI=1S/C29H30N2O4/c1-18-16-21-17-20(12-13-24(21)35-18)27(32)25-26(23-11-6-9-19-8-4-5-10-22(19)23)31(29(34)28(25)33)15-7-14-30(2)3/h4-6,8-13,17-18,26,32H,7,14-16H2,1-3H3/b27-25+. The highest BCUT2D eigenvalue weighted by molar-refractivity contribution is 6.46. The molecule has 35 heavy (non-hydrogen) atoms. The zero-order valence-corrected chi connectivity index (χ0v) is 20.3. The summed E-state index contributed by atoms with van der Waals surface area (Å²) in [5.41, 5.74) is 2.50. The van der Waals surface area contributed by atoms with Crippen LogP contribution in [-0.2, 0) is 16.0 Å². The van der Waals surface area contributed by atoms with Crippen LogP contribution in [0, 0.1) is 0 Å². The third-order valence-corrected chi connectivity index (χ3v) is 6.83. The molecule has 2 atom stereocenters. The maximum absolute atomic E-state index is 13.4. The molecule has 1 saturated heterocycles. The van der Waals surface area contributed by atoms with Crippen LogP contribution in [-0.4, -0.2) is 59.9 Å². The third kappa shape index (κ3) is 4.19. The number of likely N-dealkylation sites (tertiary alicyclic amines) is 1. The number of carbonyl (C=O) groups is 2. The second kappa shape index (κ2) is 9.19. The summed E-state index contributed by atoms with van der Waals surface area (Å²) in [7, 11) is 3.96. The second-order valence-corrected chi connectivity index (χ2v) is 9.67. The number of ketones is 1. The van der Waals surface area contributed by atoms with E-state index in [0.717, 1.165) is 47.0 Å². The first kappa shape index (κ1) is 23.1. The van der Waals surface area contributed by atoms with Gasteiger partial charge in [0.15, 0.2) is 0 Å². The van der Waals surface area contributed by atoms with Crippen molar-refractivity contribution in [3.05, 3.63) is 82.9 Å². The minimum atomic E-state index is -0.660. The molecule has 2 unspecified atom stereocenters. The largest absolute Gasteiger partial charge is 0.507 e. The normalized spacial score (nSPS) is 21.1. The van der Waals surface area contributed by atoms with E-state index in [-0.39, 0.29) is 17.4 Å². The first-order valence-electron chi connectivity index (χ1n) is 12.1. The fourth-order valence-electron chi connectivity index (χ4n) is 5.21. The zero-order valence-electron chi connectivity index (χ0n) is 20.3. The maximum atomic E-state index is 13.4. The molecule has 180 valence electrons. The fourth-order valence-corrected chi connectivity index (χ4v) is 5.21. The number of amides is 1. The molecule has 6 heteroatoms. The molecular weight excluding hydrogens is 440 g/mol. The number of Topliss-reactive ketones (excluding diaryl/α,β-unsaturated/α-hetero) is 1. The number of carbonyl (C=O) groups excluding carboxylic acids is 2. The number of ether oxygens (including phenoxy) is 1. The molecule has 2 heterocycles. The van der Waals surface area contributed by atoms with Crippen LogP contribution in [0.15, 0.2) is 66.2 Å². The maximum Gasteiger partial charge on any atom is 0.295 e. The van der Waals surface area contributed by atoms with E-state index >= 15 is 0 Å². The van der Waals surface area contributed by atoms with Crippen molar-refractivity contribution >= 4 is 28.2 Å². The monoisotopic (exact) mass is 470 g/mol. The number of hydrogen-bond donors (Lipinski definition) is 1. The lowest BCUT2D eigenvalue weighted by atomic mass is 9.91. The lowest BCUT2D eigenvalue weighted by molar-refractivity contribution is -0.139. The molecule has 0 bridgehead atoms. The Morgan fingerprint density at radius 1 is 1.09 bits per heavy atom. The van der Waals surface area contributed by atoms with Gasteiger partial charge in [-0.05, 0) is 74.1 Å². The summed E-state index contributed by atoms with van der Waals surface area (Å²) in [5.74, 6) is -0.556. The molecule has 2 aliphatic heterocycles. The van der Waals surface area contributed by atoms with Crippen LogP contribution in [0.5, 0.6) is 5.75 Å². The molecule has 0 spiro atoms. The summed E-state index contributed by atoms with van der Waals surface area (Å²) in [6.07, 6.45) is 1.53. The highest BCUT2D eigenvalue weighted by Crippen LogP contribution is 2.42. The summed E-state index contributed by atoms with van der Waals surface area (Å²) in [5, 5.41) is 13.5. The number of aliphatic hydroxyl groups excluding tert-OH is 1. The molecule has 0 aliphatic carbocycles. The average molecular weight is 471 g/mol. The van der Waals surface area contributed by atoms with Crippen LogP contribution in [0.4, 0.5) is 0 Å². The Hall–Kier alpha value is -3.64. The minimum Gasteiger partial charge on any atom is -0.507 e. The van der Waals surface area contributed by atoms with Gasteiger partial charge in [-0.25, -0.2) is 0 Å². The van der Waals surface area contributed by atoms with Crippen molar-refractivity contribution in [1.29, 1.82) is 0 Å². The summed E-state index contributed by atoms with van der Waals surface area (Å²) in [6.45, 7) is 3.20. The van der Waals surface area contributed by atoms with Crippen molar-refractivity contribution in [2.24, 2.45) is 0 Å². The van der Waals surface area contributed by atoms with Crippen LogP contribution >= 0.6 is 0 Å². The Morgan fingerprint density at radius 3 is 2.66 bits per heavy atom. The van der Waals surface area contributed by atoms with Crippen molar-refractivity contribution in [2.75, 3.05) is 27.2 Å². The van der Waals surface area contributed by atoms with Crippen molar-refractivity contribution in [3.8, 4) is 5.75 Å². The van der Waals surface area contributed by atoms with E-state index in [2.05, 4.69) is 4.90 Å². The Labute approximate surface area is 205 Å². The summed E-state index contributed by atoms with van der Waals surface area (Å²) < 4.78 is 5.79. The Bertz CT molecular complexity index is 1340. The SMILES string of the molecule is CC1Cc2cc(/C(O)=C3\C(=O)C(=O)N(CCCN(C)C)C3c3cccc4ccccc34)ccc2O1. The van der Waals surface area contributed by atoms with Gasteiger partial charge in [0.1, 0.15) is 17.6 Å². The van der Waals surface area contributed by atoms with Gasteiger partial charge >= 0.3 is 0 Å². The van der Waals surface area contributed by atoms with Crippen LogP contribution in [0.1, 0.15) is 36.1 Å². The van der Waals surface area contributed by atoms with Crippen molar-refractivity contribution in [1.82, 2.24) is 9.80 Å². The number of benzene rings is 3. The Balaban J connectivity index is 1.65. The smallest absolute Gasteiger partial charge is 0.295 e. The molecule has 1 N–H and O–H groups in total. The van der Waals surface area contributed by atoms with Gasteiger partial charge < -0.3 is 19.6 Å². The van der Waals surface area contributed by atoms with Gasteiger partial charge in [0, 0.05) is 18.5 Å². The fraction of sp³-hybridized carbons (Fsp3) is 0.310. The van der Waals surface area contributed by atoms with E-state index in [4.69, 9.17) is 4.74 Å². The van der Waals surface area contributed by atoms with Gasteiger partial charge in [0.05, 0.1) is 11.6 Å². The minimum absolute atomic E-state index is 0.0698. The van der Waals surface area contributed by atoms with E-state index in [1.807, 2.05) is 75.6 Å². The van der Waals surface area contributed by atoms with Crippen LogP contribution in [0.3, 0.4) is 0 Å². The number of fused-ring (bicyclic) bond motifs is 2. The molecule has 0 saturated carbocycles. The topological polar surface area (TPSA) is 70.1 Å². The van der Waals surface area contributed by atoms with Gasteiger partial charge in [-0.2, -0.15) is 0 Å². The first-order valence-corrected chi connectivity index (χ1v) is 12.1. The van der Waals surface area contributed by atoms with E-state index < -0.39 is 17.7 Å². The van der Waals surface area contributed by atoms with E-state index in [9.17, 15) is 14.7 Å². The summed E-state index contributed by atoms with van der Waals surface area (Å²) >= 11 is 0. The Morgan fingerprint density at radius 2 is 1.86 bits per heavy atom. The Kier molecular flexibility index (Phi) is 6.07. The zero-order chi connectivity index (χ0) is 24.7. The van der Waals surface area contributed by atoms with Gasteiger partial charge in [0.25, 0.3) is 11.7 Å². The highest BCUT2D eigenvalue weighted by atomic mass is 16.5. The van der Waals surface area contributed by atoms with Gasteiger partial charge in [-0.3, -0.25) is 9.59 Å². The van der Waals surface area contributed by atoms with E-state index in [0.29, 0.717) is 12.1 Å². The lowest BCUT2D eigenvalue weighted by Crippen LogP contribution is -2.32. The predicted octanol–water partition coefficient (Wildman–Crippen LogP) is 4.54. The predicted molar refractivity (Wildman–Crippen MR) is 136 cm³/mol. The molecule has 1 fully saturated rings. The van der Waals surface area contributed by atoms with Crippen LogP contribution in [0.25, 0.3) is 16.5 Å². The quantitative estimate of drug-likeness (QED) is 0.326. The molecule has 0 radical (unpaired) electrons. The van der Waals surface area contributed by atoms with E-state index in [1.54, 1.807) is 11.0 Å². The van der Waals surface area contributed by atoms with Crippen molar-refractivity contribution in [3.63, 3.8) is 0 Å². The number of hydrogen-bond acceptors (Lipinski definition) is 5. The van der Waals surface area contributed by atoms with Gasteiger partial charge in [-0.15, -0.1) is 0 Å². The highest BCUT2D eigenvalue weighted by Gasteiger charge is 2.46. The van der Waals surface area contributed by atoms with E-state index in [1.165, 1.54) is 0 Å². The van der Waals surface area contributed by atoms with Crippen LogP contribution < -0.4 is 4.74 Å². The number of nitrogens with zero attached hydrogens (tertiary/aromatic N) is 2. The molecular formula is C29H30N2O4. The number of rotatable bonds is 6. The number of aliphatic hydroxyl groups is 1. The molecule has 1 amide bonds. The average Bonchev–Trinajstić information content (AvgIpc) is 3.34. The molecule has 5 rings (SSSR count). The van der Waals surface area contributed by atoms with Crippen molar-refractivity contribution in [2.45, 2.75) is 31.9 Å². The lowest BCUT2D eigenvalue weighted by Gasteiger charge is -2.27. The summed E-state index contributed by atoms with van der Waals surface area (Å²) in [6, 6.07) is 18.6. The molecule has 6 nitrogen and oxygen atoms in total.